The van der Waals surface area contributed by atoms with E-state index in [2.05, 4.69) is 5.32 Å². The van der Waals surface area contributed by atoms with E-state index in [1.165, 1.54) is 9.80 Å². The fourth-order valence-electron chi connectivity index (χ4n) is 6.95. The molecule has 198 valence electrons. The lowest BCUT2D eigenvalue weighted by Crippen LogP contribution is -2.56. The minimum Gasteiger partial charge on any atom is -0.378 e. The minimum atomic E-state index is -1.43. The molecule has 0 bridgehead atoms. The molecule has 4 atom stereocenters. The molecule has 0 saturated carbocycles. The van der Waals surface area contributed by atoms with Gasteiger partial charge in [0.05, 0.1) is 30.7 Å². The first kappa shape index (κ1) is 24.0. The molecule has 9 nitrogen and oxygen atoms in total. The molecule has 4 aliphatic rings. The maximum absolute atomic E-state index is 14.4. The Morgan fingerprint density at radius 1 is 0.923 bits per heavy atom. The highest BCUT2D eigenvalue weighted by Crippen LogP contribution is 2.55. The summed E-state index contributed by atoms with van der Waals surface area (Å²) in [4.78, 5) is 60.3. The molecule has 3 aromatic rings. The molecule has 0 aliphatic carbocycles. The van der Waals surface area contributed by atoms with Gasteiger partial charge < -0.3 is 14.5 Å². The Bertz CT molecular complexity index is 1540. The van der Waals surface area contributed by atoms with E-state index in [-0.39, 0.29) is 24.3 Å². The van der Waals surface area contributed by atoms with Crippen molar-refractivity contribution in [1.82, 2.24) is 10.2 Å². The smallest absolute Gasteiger partial charge is 0.253 e. The zero-order chi connectivity index (χ0) is 26.9. The van der Waals surface area contributed by atoms with Gasteiger partial charge in [-0.15, -0.1) is 0 Å². The maximum Gasteiger partial charge on any atom is 0.253 e. The molecular formula is C30H28N4O5. The molecule has 0 unspecified atom stereocenters. The number of carbonyl (C=O) groups excluding carboxylic acids is 4. The van der Waals surface area contributed by atoms with Gasteiger partial charge in [0.2, 0.25) is 17.7 Å². The standard InChI is InChI=1S/C30H28N4O5/c1-18-25-26(28(37)34(27(25)36)22-12-6-8-19-7-2-3-9-20(19)22)30(31-18)21-10-4-5-11-23(21)33(29(30)38)17-24(35)32-13-15-39-16-14-32/h2-12,18,25-26,31H,13-17H2,1H3/t18-,25+,26-,30-/m0/s1. The lowest BCUT2D eigenvalue weighted by Gasteiger charge is -2.31. The third kappa shape index (κ3) is 3.26. The summed E-state index contributed by atoms with van der Waals surface area (Å²) in [5.74, 6) is -2.91. The number of ether oxygens (including phenoxy) is 1. The summed E-state index contributed by atoms with van der Waals surface area (Å²) in [5.41, 5.74) is 0.314. The fraction of sp³-hybridized carbons (Fsp3) is 0.333. The van der Waals surface area contributed by atoms with Crippen molar-refractivity contribution in [2.45, 2.75) is 18.5 Å². The van der Waals surface area contributed by atoms with E-state index >= 15 is 0 Å². The number of amides is 4. The minimum absolute atomic E-state index is 0.139. The Labute approximate surface area is 225 Å². The van der Waals surface area contributed by atoms with E-state index in [1.54, 1.807) is 17.0 Å². The van der Waals surface area contributed by atoms with E-state index in [9.17, 15) is 19.2 Å². The number of carbonyl (C=O) groups is 4. The van der Waals surface area contributed by atoms with Gasteiger partial charge in [-0.3, -0.25) is 24.5 Å². The molecule has 1 spiro atoms. The summed E-state index contributed by atoms with van der Waals surface area (Å²) < 4.78 is 5.37. The number of nitrogens with one attached hydrogen (secondary N) is 1. The van der Waals surface area contributed by atoms with Crippen LogP contribution in [0.2, 0.25) is 0 Å². The van der Waals surface area contributed by atoms with Crippen molar-refractivity contribution in [2.75, 3.05) is 42.6 Å². The number of para-hydroxylation sites is 1. The monoisotopic (exact) mass is 524 g/mol. The van der Waals surface area contributed by atoms with E-state index < -0.39 is 29.3 Å². The molecule has 3 fully saturated rings. The fourth-order valence-corrected chi connectivity index (χ4v) is 6.95. The van der Waals surface area contributed by atoms with Gasteiger partial charge in [-0.2, -0.15) is 0 Å². The highest BCUT2D eigenvalue weighted by molar-refractivity contribution is 6.28. The largest absolute Gasteiger partial charge is 0.378 e. The number of rotatable bonds is 3. The quantitative estimate of drug-likeness (QED) is 0.527. The number of hydrogen-bond donors (Lipinski definition) is 1. The maximum atomic E-state index is 14.4. The van der Waals surface area contributed by atoms with Crippen LogP contribution in [0.5, 0.6) is 0 Å². The Morgan fingerprint density at radius 3 is 2.44 bits per heavy atom. The predicted molar refractivity (Wildman–Crippen MR) is 144 cm³/mol. The van der Waals surface area contributed by atoms with Crippen LogP contribution in [0.3, 0.4) is 0 Å². The molecular weight excluding hydrogens is 496 g/mol. The molecule has 4 heterocycles. The van der Waals surface area contributed by atoms with Crippen LogP contribution < -0.4 is 15.1 Å². The summed E-state index contributed by atoms with van der Waals surface area (Å²) >= 11 is 0. The second-order valence-electron chi connectivity index (χ2n) is 10.7. The summed E-state index contributed by atoms with van der Waals surface area (Å²) in [6.07, 6.45) is 0. The van der Waals surface area contributed by atoms with Gasteiger partial charge in [0.15, 0.2) is 0 Å². The highest BCUT2D eigenvalue weighted by atomic mass is 16.5. The van der Waals surface area contributed by atoms with E-state index in [1.807, 2.05) is 61.5 Å². The topological polar surface area (TPSA) is 99.3 Å². The predicted octanol–water partition coefficient (Wildman–Crippen LogP) is 2.04. The van der Waals surface area contributed by atoms with E-state index in [4.69, 9.17) is 4.74 Å². The van der Waals surface area contributed by atoms with Crippen molar-refractivity contribution >= 4 is 45.8 Å². The van der Waals surface area contributed by atoms with Gasteiger partial charge in [0.1, 0.15) is 12.1 Å². The number of benzene rings is 3. The van der Waals surface area contributed by atoms with Crippen LogP contribution in [0.4, 0.5) is 11.4 Å². The number of fused-ring (bicyclic) bond motifs is 5. The first-order valence-corrected chi connectivity index (χ1v) is 13.3. The summed E-state index contributed by atoms with van der Waals surface area (Å²) in [6, 6.07) is 20.0. The molecule has 39 heavy (non-hydrogen) atoms. The normalized spacial score (nSPS) is 28.1. The summed E-state index contributed by atoms with van der Waals surface area (Å²) in [5, 5.41) is 5.10. The number of hydrogen-bond acceptors (Lipinski definition) is 6. The van der Waals surface area contributed by atoms with Crippen molar-refractivity contribution in [2.24, 2.45) is 11.8 Å². The molecule has 9 heteroatoms. The zero-order valence-electron chi connectivity index (χ0n) is 21.5. The van der Waals surface area contributed by atoms with Crippen LogP contribution in [0.1, 0.15) is 12.5 Å². The average Bonchev–Trinajstić information content (AvgIpc) is 3.51. The lowest BCUT2D eigenvalue weighted by atomic mass is 9.76. The van der Waals surface area contributed by atoms with Crippen molar-refractivity contribution < 1.29 is 23.9 Å². The Kier molecular flexibility index (Phi) is 5.37. The molecule has 3 saturated heterocycles. The number of anilines is 2. The van der Waals surface area contributed by atoms with Gasteiger partial charge in [-0.25, -0.2) is 4.90 Å². The molecule has 1 N–H and O–H groups in total. The van der Waals surface area contributed by atoms with Crippen LogP contribution in [0, 0.1) is 11.8 Å². The lowest BCUT2D eigenvalue weighted by molar-refractivity contribution is -0.136. The van der Waals surface area contributed by atoms with Gasteiger partial charge in [-0.1, -0.05) is 54.6 Å². The highest BCUT2D eigenvalue weighted by Gasteiger charge is 2.71. The van der Waals surface area contributed by atoms with Gasteiger partial charge in [0, 0.05) is 35.8 Å². The van der Waals surface area contributed by atoms with Crippen LogP contribution >= 0.6 is 0 Å². The van der Waals surface area contributed by atoms with Crippen LogP contribution in [-0.2, 0) is 29.5 Å². The third-order valence-corrected chi connectivity index (χ3v) is 8.68. The van der Waals surface area contributed by atoms with Crippen molar-refractivity contribution in [1.29, 1.82) is 0 Å². The van der Waals surface area contributed by atoms with Gasteiger partial charge in [0.25, 0.3) is 5.91 Å². The first-order chi connectivity index (χ1) is 18.9. The molecule has 4 amide bonds. The van der Waals surface area contributed by atoms with Crippen LogP contribution in [-0.4, -0.2) is 67.4 Å². The third-order valence-electron chi connectivity index (χ3n) is 8.68. The zero-order valence-corrected chi connectivity index (χ0v) is 21.5. The number of imide groups is 1. The van der Waals surface area contributed by atoms with E-state index in [0.29, 0.717) is 43.2 Å². The van der Waals surface area contributed by atoms with E-state index in [0.717, 1.165) is 10.8 Å². The summed E-state index contributed by atoms with van der Waals surface area (Å²) in [7, 11) is 0. The average molecular weight is 525 g/mol. The SMILES string of the molecule is C[C@@H]1N[C@]2(C(=O)N(CC(=O)N3CCOCC3)c3ccccc32)[C@@H]2C(=O)N(c3cccc4ccccc34)C(=O)[C@H]12. The second kappa shape index (κ2) is 8.72. The summed E-state index contributed by atoms with van der Waals surface area (Å²) in [6.45, 7) is 3.58. The number of morpholine rings is 1. The van der Waals surface area contributed by atoms with Crippen molar-refractivity contribution in [3.63, 3.8) is 0 Å². The second-order valence-corrected chi connectivity index (χ2v) is 10.7. The Balaban J connectivity index is 1.31. The molecule has 0 radical (unpaired) electrons. The Hall–Kier alpha value is -4.08. The molecule has 0 aromatic heterocycles. The molecule has 4 aliphatic heterocycles. The van der Waals surface area contributed by atoms with Crippen molar-refractivity contribution in [3.05, 3.63) is 72.3 Å². The molecule has 7 rings (SSSR count). The van der Waals surface area contributed by atoms with Crippen LogP contribution in [0.15, 0.2) is 66.7 Å². The number of nitrogens with zero attached hydrogens (tertiary/aromatic N) is 3. The first-order valence-electron chi connectivity index (χ1n) is 13.3. The van der Waals surface area contributed by atoms with Gasteiger partial charge in [-0.05, 0) is 24.4 Å². The van der Waals surface area contributed by atoms with Crippen molar-refractivity contribution in [3.8, 4) is 0 Å². The molecule has 3 aromatic carbocycles. The van der Waals surface area contributed by atoms with Gasteiger partial charge >= 0.3 is 0 Å². The van der Waals surface area contributed by atoms with Crippen LogP contribution in [0.25, 0.3) is 10.8 Å². The Morgan fingerprint density at radius 2 is 1.62 bits per heavy atom.